The summed E-state index contributed by atoms with van der Waals surface area (Å²) in [5.74, 6) is 0.239. The van der Waals surface area contributed by atoms with Crippen LogP contribution in [0.1, 0.15) is 13.3 Å². The predicted octanol–water partition coefficient (Wildman–Crippen LogP) is 2.52. The molecule has 7 heteroatoms. The molecule has 1 aromatic carbocycles. The fourth-order valence-electron chi connectivity index (χ4n) is 1.47. The number of anilines is 1. The average molecular weight is 293 g/mol. The summed E-state index contributed by atoms with van der Waals surface area (Å²) in [7, 11) is -2.99. The van der Waals surface area contributed by atoms with Gasteiger partial charge < -0.3 is 10.1 Å². The first kappa shape index (κ1) is 15.7. The number of rotatable bonds is 8. The molecule has 0 radical (unpaired) electrons. The minimum absolute atomic E-state index is 0.0517. The summed E-state index contributed by atoms with van der Waals surface area (Å²) in [5.41, 5.74) is 0.427. The molecule has 0 unspecified atom stereocenters. The Hall–Kier alpha value is -1.37. The van der Waals surface area contributed by atoms with E-state index in [-0.39, 0.29) is 17.3 Å². The van der Waals surface area contributed by atoms with Crippen LogP contribution in [0.3, 0.4) is 0 Å². The van der Waals surface area contributed by atoms with Crippen molar-refractivity contribution < 1.29 is 21.9 Å². The van der Waals surface area contributed by atoms with Gasteiger partial charge >= 0.3 is 6.61 Å². The van der Waals surface area contributed by atoms with Crippen molar-refractivity contribution in [1.82, 2.24) is 0 Å². The number of hydrogen-bond donors (Lipinski definition) is 1. The second kappa shape index (κ2) is 7.28. The largest absolute Gasteiger partial charge is 0.433 e. The third kappa shape index (κ3) is 5.87. The molecule has 0 aliphatic heterocycles. The zero-order valence-electron chi connectivity index (χ0n) is 10.6. The first-order chi connectivity index (χ1) is 8.94. The lowest BCUT2D eigenvalue weighted by Gasteiger charge is -2.12. The summed E-state index contributed by atoms with van der Waals surface area (Å²) in [6.07, 6.45) is 0.416. The van der Waals surface area contributed by atoms with E-state index in [2.05, 4.69) is 10.1 Å². The molecule has 0 fully saturated rings. The van der Waals surface area contributed by atoms with Crippen LogP contribution in [0.15, 0.2) is 24.3 Å². The summed E-state index contributed by atoms with van der Waals surface area (Å²) >= 11 is 0. The highest BCUT2D eigenvalue weighted by atomic mass is 32.2. The summed E-state index contributed by atoms with van der Waals surface area (Å²) < 4.78 is 51.2. The zero-order valence-corrected chi connectivity index (χ0v) is 11.4. The Kier molecular flexibility index (Phi) is 6.01. The molecule has 0 aliphatic rings. The Morgan fingerprint density at radius 1 is 1.32 bits per heavy atom. The van der Waals surface area contributed by atoms with Gasteiger partial charge in [0.1, 0.15) is 15.6 Å². The van der Waals surface area contributed by atoms with Crippen LogP contribution in [0.5, 0.6) is 5.75 Å². The zero-order chi connectivity index (χ0) is 14.3. The van der Waals surface area contributed by atoms with Crippen LogP contribution < -0.4 is 10.1 Å². The molecular formula is C12H17F2NO3S. The third-order valence-electron chi connectivity index (χ3n) is 2.49. The number of para-hydroxylation sites is 2. The van der Waals surface area contributed by atoms with Gasteiger partial charge in [0.2, 0.25) is 0 Å². The number of sulfone groups is 1. The lowest BCUT2D eigenvalue weighted by atomic mass is 10.3. The molecular weight excluding hydrogens is 276 g/mol. The van der Waals surface area contributed by atoms with Crippen molar-refractivity contribution >= 4 is 15.5 Å². The van der Waals surface area contributed by atoms with E-state index in [9.17, 15) is 17.2 Å². The highest BCUT2D eigenvalue weighted by Gasteiger charge is 2.09. The molecule has 0 saturated carbocycles. The quantitative estimate of drug-likeness (QED) is 0.748. The van der Waals surface area contributed by atoms with Crippen molar-refractivity contribution in [3.63, 3.8) is 0 Å². The van der Waals surface area contributed by atoms with E-state index in [1.54, 1.807) is 25.1 Å². The molecule has 4 nitrogen and oxygen atoms in total. The van der Waals surface area contributed by atoms with E-state index in [0.717, 1.165) is 0 Å². The van der Waals surface area contributed by atoms with E-state index in [4.69, 9.17) is 0 Å². The predicted molar refractivity (Wildman–Crippen MR) is 70.5 cm³/mol. The molecule has 108 valence electrons. The highest BCUT2D eigenvalue weighted by molar-refractivity contribution is 7.91. The first-order valence-electron chi connectivity index (χ1n) is 5.92. The number of alkyl halides is 2. The Bertz CT molecular complexity index is 492. The summed E-state index contributed by atoms with van der Waals surface area (Å²) in [6, 6.07) is 6.30. The van der Waals surface area contributed by atoms with Crippen molar-refractivity contribution in [3.8, 4) is 5.75 Å². The lowest BCUT2D eigenvalue weighted by molar-refractivity contribution is -0.0493. The van der Waals surface area contributed by atoms with Gasteiger partial charge in [0.05, 0.1) is 11.4 Å². The van der Waals surface area contributed by atoms with Gasteiger partial charge in [-0.2, -0.15) is 8.78 Å². The van der Waals surface area contributed by atoms with Crippen LogP contribution in [0.4, 0.5) is 14.5 Å². The standard InChI is InChI=1S/C12H17F2NO3S/c1-2-19(16,17)9-5-8-15-10-6-3-4-7-11(10)18-12(13)14/h3-4,6-7,12,15H,2,5,8-9H2,1H3. The van der Waals surface area contributed by atoms with Crippen LogP contribution in [0, 0.1) is 0 Å². The van der Waals surface area contributed by atoms with Gasteiger partial charge in [-0.15, -0.1) is 0 Å². The molecule has 0 spiro atoms. The summed E-state index contributed by atoms with van der Waals surface area (Å²) in [4.78, 5) is 0. The van der Waals surface area contributed by atoms with E-state index in [0.29, 0.717) is 18.7 Å². The van der Waals surface area contributed by atoms with Crippen molar-refractivity contribution in [2.45, 2.75) is 20.0 Å². The number of halogens is 2. The molecule has 0 heterocycles. The van der Waals surface area contributed by atoms with Gasteiger partial charge in [0.15, 0.2) is 0 Å². The second-order valence-corrected chi connectivity index (χ2v) is 6.36. The molecule has 0 amide bonds. The molecule has 19 heavy (non-hydrogen) atoms. The third-order valence-corrected chi connectivity index (χ3v) is 4.28. The molecule has 1 rings (SSSR count). The van der Waals surface area contributed by atoms with Crippen LogP contribution in [-0.4, -0.2) is 33.1 Å². The number of ether oxygens (including phenoxy) is 1. The normalized spacial score (nSPS) is 11.6. The Labute approximate surface area is 111 Å². The minimum Gasteiger partial charge on any atom is -0.433 e. The first-order valence-corrected chi connectivity index (χ1v) is 7.75. The van der Waals surface area contributed by atoms with Gasteiger partial charge in [-0.05, 0) is 18.6 Å². The number of nitrogens with one attached hydrogen (secondary N) is 1. The molecule has 1 aromatic rings. The number of hydrogen-bond acceptors (Lipinski definition) is 4. The molecule has 0 bridgehead atoms. The van der Waals surface area contributed by atoms with Gasteiger partial charge in [0.25, 0.3) is 0 Å². The minimum atomic E-state index is -2.99. The van der Waals surface area contributed by atoms with Crippen LogP contribution in [-0.2, 0) is 9.84 Å². The lowest BCUT2D eigenvalue weighted by Crippen LogP contribution is -2.13. The van der Waals surface area contributed by atoms with Crippen molar-refractivity contribution in [3.05, 3.63) is 24.3 Å². The van der Waals surface area contributed by atoms with Crippen molar-refractivity contribution in [2.75, 3.05) is 23.4 Å². The van der Waals surface area contributed by atoms with E-state index >= 15 is 0 Å². The molecule has 0 aliphatic carbocycles. The highest BCUT2D eigenvalue weighted by Crippen LogP contribution is 2.25. The fraction of sp³-hybridized carbons (Fsp3) is 0.500. The molecule has 0 aromatic heterocycles. The van der Waals surface area contributed by atoms with E-state index in [1.807, 2.05) is 0 Å². The maximum Gasteiger partial charge on any atom is 0.387 e. The Morgan fingerprint density at radius 3 is 2.63 bits per heavy atom. The Balaban J connectivity index is 2.49. The van der Waals surface area contributed by atoms with Crippen molar-refractivity contribution in [1.29, 1.82) is 0 Å². The number of benzene rings is 1. The molecule has 0 atom stereocenters. The van der Waals surface area contributed by atoms with Gasteiger partial charge in [-0.25, -0.2) is 8.42 Å². The SMILES string of the molecule is CCS(=O)(=O)CCCNc1ccccc1OC(F)F. The van der Waals surface area contributed by atoms with Crippen LogP contribution in [0.2, 0.25) is 0 Å². The average Bonchev–Trinajstić information content (AvgIpc) is 2.36. The monoisotopic (exact) mass is 293 g/mol. The van der Waals surface area contributed by atoms with Gasteiger partial charge in [-0.3, -0.25) is 0 Å². The fourth-order valence-corrected chi connectivity index (χ4v) is 2.34. The maximum absolute atomic E-state index is 12.2. The summed E-state index contributed by atoms with van der Waals surface area (Å²) in [6.45, 7) is -0.916. The van der Waals surface area contributed by atoms with Crippen LogP contribution in [0.25, 0.3) is 0 Å². The van der Waals surface area contributed by atoms with E-state index in [1.165, 1.54) is 6.07 Å². The van der Waals surface area contributed by atoms with Crippen molar-refractivity contribution in [2.24, 2.45) is 0 Å². The second-order valence-electron chi connectivity index (χ2n) is 3.89. The van der Waals surface area contributed by atoms with Gasteiger partial charge in [-0.1, -0.05) is 19.1 Å². The maximum atomic E-state index is 12.2. The van der Waals surface area contributed by atoms with E-state index < -0.39 is 16.4 Å². The smallest absolute Gasteiger partial charge is 0.387 e. The molecule has 1 N–H and O–H groups in total. The van der Waals surface area contributed by atoms with Crippen LogP contribution >= 0.6 is 0 Å². The Morgan fingerprint density at radius 2 is 2.00 bits per heavy atom. The topological polar surface area (TPSA) is 55.4 Å². The van der Waals surface area contributed by atoms with Gasteiger partial charge in [0, 0.05) is 12.3 Å². The molecule has 0 saturated heterocycles. The summed E-state index contributed by atoms with van der Waals surface area (Å²) in [5, 5.41) is 2.89.